The van der Waals surface area contributed by atoms with Gasteiger partial charge in [0.1, 0.15) is 5.01 Å². The van der Waals surface area contributed by atoms with Gasteiger partial charge in [0.2, 0.25) is 5.01 Å². The van der Waals surface area contributed by atoms with Crippen molar-refractivity contribution in [1.82, 2.24) is 15.5 Å². The number of benzene rings is 2. The lowest BCUT2D eigenvalue weighted by Crippen LogP contribution is -2.23. The minimum Gasteiger partial charge on any atom is -0.345 e. The van der Waals surface area contributed by atoms with Crippen LogP contribution < -0.4 is 10.6 Å². The summed E-state index contributed by atoms with van der Waals surface area (Å²) in [5, 5.41) is 14.4. The molecule has 3 aromatic rings. The third-order valence-electron chi connectivity index (χ3n) is 3.49. The van der Waals surface area contributed by atoms with Crippen LogP contribution in [0.25, 0.3) is 0 Å². The first kappa shape index (κ1) is 18.0. The second-order valence-corrected chi connectivity index (χ2v) is 6.95. The zero-order chi connectivity index (χ0) is 18.5. The Balaban J connectivity index is 1.59. The molecule has 2 aromatic carbocycles. The van der Waals surface area contributed by atoms with E-state index in [2.05, 4.69) is 20.8 Å². The summed E-state index contributed by atoms with van der Waals surface area (Å²) >= 11 is 7.12. The van der Waals surface area contributed by atoms with Gasteiger partial charge in [-0.1, -0.05) is 52.8 Å². The molecule has 8 heteroatoms. The van der Waals surface area contributed by atoms with Gasteiger partial charge in [-0.3, -0.25) is 9.59 Å². The first-order valence-corrected chi connectivity index (χ1v) is 8.95. The van der Waals surface area contributed by atoms with E-state index in [1.165, 1.54) is 0 Å². The van der Waals surface area contributed by atoms with Crippen LogP contribution in [0.3, 0.4) is 0 Å². The van der Waals surface area contributed by atoms with Crippen molar-refractivity contribution >= 4 is 40.4 Å². The highest BCUT2D eigenvalue weighted by Crippen LogP contribution is 2.16. The number of aryl methyl sites for hydroxylation is 1. The summed E-state index contributed by atoms with van der Waals surface area (Å²) < 4.78 is 0. The average Bonchev–Trinajstić information content (AvgIpc) is 3.11. The van der Waals surface area contributed by atoms with Gasteiger partial charge in [0.05, 0.1) is 17.1 Å². The zero-order valence-corrected chi connectivity index (χ0v) is 15.4. The van der Waals surface area contributed by atoms with Crippen molar-refractivity contribution in [3.8, 4) is 0 Å². The number of nitrogens with zero attached hydrogens (tertiary/aromatic N) is 2. The highest BCUT2D eigenvalue weighted by molar-refractivity contribution is 7.13. The maximum Gasteiger partial charge on any atom is 0.286 e. The van der Waals surface area contributed by atoms with Crippen LogP contribution in [0.5, 0.6) is 0 Å². The summed E-state index contributed by atoms with van der Waals surface area (Å²) in [6, 6.07) is 14.2. The second-order valence-electron chi connectivity index (χ2n) is 5.48. The van der Waals surface area contributed by atoms with Crippen LogP contribution in [0.15, 0.2) is 48.5 Å². The van der Waals surface area contributed by atoms with E-state index in [0.29, 0.717) is 21.3 Å². The van der Waals surface area contributed by atoms with Gasteiger partial charge in [-0.2, -0.15) is 0 Å². The molecule has 26 heavy (non-hydrogen) atoms. The van der Waals surface area contributed by atoms with Crippen LogP contribution >= 0.6 is 22.9 Å². The van der Waals surface area contributed by atoms with Crippen molar-refractivity contribution in [2.75, 3.05) is 5.32 Å². The molecule has 0 bridgehead atoms. The van der Waals surface area contributed by atoms with Crippen molar-refractivity contribution in [2.24, 2.45) is 0 Å². The normalized spacial score (nSPS) is 10.4. The highest BCUT2D eigenvalue weighted by atomic mass is 35.5. The van der Waals surface area contributed by atoms with Gasteiger partial charge in [0.15, 0.2) is 0 Å². The number of aromatic nitrogens is 2. The summed E-state index contributed by atoms with van der Waals surface area (Å²) in [5.41, 5.74) is 2.18. The molecule has 0 saturated carbocycles. The maximum atomic E-state index is 12.2. The van der Waals surface area contributed by atoms with Gasteiger partial charge < -0.3 is 10.6 Å². The van der Waals surface area contributed by atoms with Crippen molar-refractivity contribution < 1.29 is 9.59 Å². The molecule has 0 spiro atoms. The molecule has 0 atom stereocenters. The number of halogens is 1. The smallest absolute Gasteiger partial charge is 0.286 e. The number of carbonyl (C=O) groups excluding carboxylic acids is 2. The second kappa shape index (κ2) is 8.07. The molecule has 0 aliphatic carbocycles. The van der Waals surface area contributed by atoms with E-state index in [1.807, 2.05) is 31.2 Å². The fourth-order valence-electron chi connectivity index (χ4n) is 2.13. The molecule has 1 aromatic heterocycles. The summed E-state index contributed by atoms with van der Waals surface area (Å²) in [6.07, 6.45) is 0. The molecule has 0 aliphatic heterocycles. The molecule has 132 valence electrons. The third kappa shape index (κ3) is 4.44. The third-order valence-corrected chi connectivity index (χ3v) is 4.74. The number of nitrogens with one attached hydrogen (secondary N) is 2. The Hall–Kier alpha value is -2.77. The first-order valence-electron chi connectivity index (χ1n) is 7.76. The van der Waals surface area contributed by atoms with Gasteiger partial charge >= 0.3 is 0 Å². The molecule has 2 N–H and O–H groups in total. The van der Waals surface area contributed by atoms with Crippen LogP contribution in [0.2, 0.25) is 5.02 Å². The lowest BCUT2D eigenvalue weighted by molar-refractivity contribution is 0.0950. The van der Waals surface area contributed by atoms with Crippen LogP contribution in [0, 0.1) is 6.92 Å². The van der Waals surface area contributed by atoms with Crippen molar-refractivity contribution in [1.29, 1.82) is 0 Å². The summed E-state index contributed by atoms with van der Waals surface area (Å²) in [6.45, 7) is 2.14. The number of rotatable bonds is 5. The van der Waals surface area contributed by atoms with E-state index in [4.69, 9.17) is 11.6 Å². The van der Waals surface area contributed by atoms with Crippen LogP contribution in [-0.4, -0.2) is 22.0 Å². The Labute approximate surface area is 159 Å². The van der Waals surface area contributed by atoms with Gasteiger partial charge in [-0.15, -0.1) is 10.2 Å². The fraction of sp³-hybridized carbons (Fsp3) is 0.111. The Morgan fingerprint density at radius 1 is 1.04 bits per heavy atom. The predicted octanol–water partition coefficient (Wildman–Crippen LogP) is 3.68. The Bertz CT molecular complexity index is 940. The first-order chi connectivity index (χ1) is 12.5. The minimum atomic E-state index is -0.338. The number of anilines is 1. The SMILES string of the molecule is Cc1ccc(NC(=O)c2nnc(CNC(=O)c3ccccc3Cl)s2)cc1. The zero-order valence-electron chi connectivity index (χ0n) is 13.8. The number of amides is 2. The number of hydrogen-bond acceptors (Lipinski definition) is 5. The van der Waals surface area contributed by atoms with Crippen LogP contribution in [0.4, 0.5) is 5.69 Å². The Kier molecular flexibility index (Phi) is 5.60. The fourth-order valence-corrected chi connectivity index (χ4v) is 3.03. The lowest BCUT2D eigenvalue weighted by atomic mass is 10.2. The molecule has 0 unspecified atom stereocenters. The van der Waals surface area contributed by atoms with E-state index in [-0.39, 0.29) is 23.4 Å². The molecule has 0 radical (unpaired) electrons. The van der Waals surface area contributed by atoms with Crippen molar-refractivity contribution in [3.63, 3.8) is 0 Å². The van der Waals surface area contributed by atoms with Gasteiger partial charge in [-0.05, 0) is 31.2 Å². The number of hydrogen-bond donors (Lipinski definition) is 2. The van der Waals surface area contributed by atoms with Crippen molar-refractivity contribution in [2.45, 2.75) is 13.5 Å². The van der Waals surface area contributed by atoms with E-state index < -0.39 is 0 Å². The summed E-state index contributed by atoms with van der Waals surface area (Å²) in [4.78, 5) is 24.3. The Morgan fingerprint density at radius 3 is 2.50 bits per heavy atom. The Morgan fingerprint density at radius 2 is 1.77 bits per heavy atom. The largest absolute Gasteiger partial charge is 0.345 e. The molecule has 0 fully saturated rings. The standard InChI is InChI=1S/C18H15ClN4O2S/c1-11-6-8-12(9-7-11)21-17(25)18-23-22-15(26-18)10-20-16(24)13-4-2-3-5-14(13)19/h2-9H,10H2,1H3,(H,20,24)(H,21,25). The minimum absolute atomic E-state index is 0.166. The quantitative estimate of drug-likeness (QED) is 0.700. The van der Waals surface area contributed by atoms with E-state index in [0.717, 1.165) is 16.9 Å². The lowest BCUT2D eigenvalue weighted by Gasteiger charge is -2.04. The van der Waals surface area contributed by atoms with Gasteiger partial charge in [0, 0.05) is 5.69 Å². The molecule has 2 amide bonds. The average molecular weight is 387 g/mol. The van der Waals surface area contributed by atoms with E-state index >= 15 is 0 Å². The van der Waals surface area contributed by atoms with Crippen LogP contribution in [-0.2, 0) is 6.54 Å². The van der Waals surface area contributed by atoms with Gasteiger partial charge in [-0.25, -0.2) is 0 Å². The summed E-state index contributed by atoms with van der Waals surface area (Å²) in [7, 11) is 0. The maximum absolute atomic E-state index is 12.2. The monoisotopic (exact) mass is 386 g/mol. The molecule has 1 heterocycles. The van der Waals surface area contributed by atoms with E-state index in [9.17, 15) is 9.59 Å². The molecule has 3 rings (SSSR count). The molecular formula is C18H15ClN4O2S. The highest BCUT2D eigenvalue weighted by Gasteiger charge is 2.15. The predicted molar refractivity (Wildman–Crippen MR) is 102 cm³/mol. The number of carbonyl (C=O) groups is 2. The topological polar surface area (TPSA) is 84.0 Å². The van der Waals surface area contributed by atoms with Crippen molar-refractivity contribution in [3.05, 3.63) is 74.7 Å². The van der Waals surface area contributed by atoms with Gasteiger partial charge in [0.25, 0.3) is 11.8 Å². The molecular weight excluding hydrogens is 372 g/mol. The molecule has 0 saturated heterocycles. The van der Waals surface area contributed by atoms with E-state index in [1.54, 1.807) is 24.3 Å². The van der Waals surface area contributed by atoms with Crippen LogP contribution in [0.1, 0.15) is 30.7 Å². The molecule has 0 aliphatic rings. The molecule has 6 nitrogen and oxygen atoms in total. The summed E-state index contributed by atoms with van der Waals surface area (Å²) in [5.74, 6) is -0.647.